The molecule has 1 aliphatic heterocycles. The second-order valence-electron chi connectivity index (χ2n) is 5.30. The minimum atomic E-state index is -0.148. The van der Waals surface area contributed by atoms with E-state index in [0.29, 0.717) is 5.82 Å². The Kier molecular flexibility index (Phi) is 4.21. The highest BCUT2D eigenvalue weighted by atomic mass is 16.7. The largest absolute Gasteiger partial charge is 0.462 e. The van der Waals surface area contributed by atoms with Gasteiger partial charge in [-0.1, -0.05) is 13.3 Å². The molecule has 0 amide bonds. The van der Waals surface area contributed by atoms with E-state index in [9.17, 15) is 0 Å². The van der Waals surface area contributed by atoms with Gasteiger partial charge in [0.2, 0.25) is 0 Å². The number of hydrogen-bond donors (Lipinski definition) is 0. The van der Waals surface area contributed by atoms with Gasteiger partial charge in [-0.15, -0.1) is 0 Å². The minimum Gasteiger partial charge on any atom is -0.405 e. The van der Waals surface area contributed by atoms with Crippen molar-refractivity contribution >= 4 is 7.12 Å². The Bertz CT molecular complexity index is 209. The van der Waals surface area contributed by atoms with Gasteiger partial charge in [0.1, 0.15) is 0 Å². The summed E-state index contributed by atoms with van der Waals surface area (Å²) in [6.45, 7) is 9.49. The Balaban J connectivity index is 2.57. The quantitative estimate of drug-likeness (QED) is 0.667. The van der Waals surface area contributed by atoms with Crippen LogP contribution in [0.2, 0.25) is 5.82 Å². The smallest absolute Gasteiger partial charge is 0.405 e. The van der Waals surface area contributed by atoms with Crippen LogP contribution in [0.25, 0.3) is 0 Å². The van der Waals surface area contributed by atoms with E-state index in [1.54, 1.807) is 0 Å². The molecule has 0 aromatic rings. The summed E-state index contributed by atoms with van der Waals surface area (Å²) < 4.78 is 11.8. The van der Waals surface area contributed by atoms with E-state index in [-0.39, 0.29) is 18.8 Å². The molecule has 1 heterocycles. The van der Waals surface area contributed by atoms with Crippen molar-refractivity contribution in [2.75, 3.05) is 20.6 Å². The maximum atomic E-state index is 5.97. The van der Waals surface area contributed by atoms with Gasteiger partial charge in [0, 0.05) is 5.82 Å². The number of rotatable bonds is 4. The molecule has 0 aromatic heterocycles. The topological polar surface area (TPSA) is 21.7 Å². The first-order valence-electron chi connectivity index (χ1n) is 5.84. The third kappa shape index (κ3) is 3.20. The van der Waals surface area contributed by atoms with E-state index >= 15 is 0 Å². The predicted molar refractivity (Wildman–Crippen MR) is 64.1 cm³/mol. The van der Waals surface area contributed by atoms with Crippen molar-refractivity contribution in [1.29, 1.82) is 0 Å². The van der Waals surface area contributed by atoms with Crippen LogP contribution in [0.4, 0.5) is 0 Å². The van der Waals surface area contributed by atoms with Crippen molar-refractivity contribution in [3.63, 3.8) is 0 Å². The van der Waals surface area contributed by atoms with Crippen LogP contribution in [0.1, 0.15) is 34.1 Å². The third-order valence-corrected chi connectivity index (χ3v) is 3.25. The van der Waals surface area contributed by atoms with Crippen molar-refractivity contribution in [1.82, 2.24) is 4.90 Å². The summed E-state index contributed by atoms with van der Waals surface area (Å²) >= 11 is 0. The van der Waals surface area contributed by atoms with Crippen LogP contribution in [0, 0.1) is 0 Å². The minimum absolute atomic E-state index is 0.0394. The first-order chi connectivity index (χ1) is 6.86. The number of hydrogen-bond acceptors (Lipinski definition) is 3. The first kappa shape index (κ1) is 13.0. The molecule has 0 bridgehead atoms. The Labute approximate surface area is 94.3 Å². The molecule has 0 spiro atoms. The zero-order chi connectivity index (χ0) is 11.6. The van der Waals surface area contributed by atoms with Crippen LogP contribution in [-0.2, 0) is 9.31 Å². The fraction of sp³-hybridized carbons (Fsp3) is 1.00. The first-order valence-corrected chi connectivity index (χ1v) is 5.84. The molecule has 1 saturated heterocycles. The van der Waals surface area contributed by atoms with E-state index in [1.165, 1.54) is 0 Å². The highest BCUT2D eigenvalue weighted by molar-refractivity contribution is 6.47. The molecule has 1 aliphatic rings. The molecule has 4 heteroatoms. The maximum Gasteiger partial charge on any atom is 0.462 e. The normalized spacial score (nSPS) is 27.4. The van der Waals surface area contributed by atoms with Gasteiger partial charge in [-0.2, -0.15) is 0 Å². The van der Waals surface area contributed by atoms with Gasteiger partial charge in [-0.25, -0.2) is 0 Å². The second-order valence-corrected chi connectivity index (χ2v) is 5.30. The zero-order valence-electron chi connectivity index (χ0n) is 10.9. The van der Waals surface area contributed by atoms with Gasteiger partial charge in [0.25, 0.3) is 0 Å². The second kappa shape index (κ2) is 4.85. The molecule has 2 atom stereocenters. The molecule has 0 radical (unpaired) electrons. The van der Waals surface area contributed by atoms with Crippen LogP contribution in [0.15, 0.2) is 0 Å². The van der Waals surface area contributed by atoms with E-state index in [2.05, 4.69) is 46.7 Å². The molecule has 88 valence electrons. The highest BCUT2D eigenvalue weighted by Gasteiger charge is 2.46. The Morgan fingerprint density at radius 3 is 2.33 bits per heavy atom. The predicted octanol–water partition coefficient (Wildman–Crippen LogP) is 2.03. The summed E-state index contributed by atoms with van der Waals surface area (Å²) in [6, 6.07) is 0. The van der Waals surface area contributed by atoms with Gasteiger partial charge in [0.15, 0.2) is 0 Å². The summed E-state index contributed by atoms with van der Waals surface area (Å²) in [4.78, 5) is 2.19. The molecule has 1 fully saturated rings. The van der Waals surface area contributed by atoms with Crippen molar-refractivity contribution in [2.45, 2.75) is 51.6 Å². The molecule has 0 N–H and O–H groups in total. The lowest BCUT2D eigenvalue weighted by Crippen LogP contribution is -2.33. The van der Waals surface area contributed by atoms with E-state index in [4.69, 9.17) is 9.31 Å². The van der Waals surface area contributed by atoms with E-state index in [1.807, 2.05) is 0 Å². The Hall–Kier alpha value is -0.0551. The van der Waals surface area contributed by atoms with Crippen LogP contribution in [0.3, 0.4) is 0 Å². The van der Waals surface area contributed by atoms with Crippen LogP contribution >= 0.6 is 0 Å². The van der Waals surface area contributed by atoms with Gasteiger partial charge >= 0.3 is 7.12 Å². The lowest BCUT2D eigenvalue weighted by molar-refractivity contribution is 0.0836. The zero-order valence-corrected chi connectivity index (χ0v) is 10.9. The monoisotopic (exact) mass is 213 g/mol. The van der Waals surface area contributed by atoms with Crippen molar-refractivity contribution in [3.8, 4) is 0 Å². The molecule has 3 nitrogen and oxygen atoms in total. The lowest BCUT2D eigenvalue weighted by Gasteiger charge is -2.23. The summed E-state index contributed by atoms with van der Waals surface area (Å²) in [6.07, 6.45) is 1.27. The fourth-order valence-corrected chi connectivity index (χ4v) is 1.87. The van der Waals surface area contributed by atoms with Crippen LogP contribution in [0.5, 0.6) is 0 Å². The molecule has 15 heavy (non-hydrogen) atoms. The molecular formula is C11H24BNO2. The van der Waals surface area contributed by atoms with E-state index < -0.39 is 0 Å². The summed E-state index contributed by atoms with van der Waals surface area (Å²) in [5.41, 5.74) is -0.148. The maximum absolute atomic E-state index is 5.97. The average molecular weight is 213 g/mol. The van der Waals surface area contributed by atoms with Gasteiger partial charge in [-0.05, 0) is 41.4 Å². The third-order valence-electron chi connectivity index (χ3n) is 3.25. The van der Waals surface area contributed by atoms with Crippen LogP contribution in [-0.4, -0.2) is 44.4 Å². The molecule has 0 aliphatic carbocycles. The standard InChI is InChI=1S/C11H24BNO2/c1-7-10(8-13(5)6)12-14-9(2)11(3,4)15-12/h9-10H,7-8H2,1-6H3/t9?,10-/m0/s1. The average Bonchev–Trinajstić information content (AvgIpc) is 2.37. The Morgan fingerprint density at radius 2 is 2.00 bits per heavy atom. The van der Waals surface area contributed by atoms with Gasteiger partial charge in [-0.3, -0.25) is 0 Å². The Morgan fingerprint density at radius 1 is 1.40 bits per heavy atom. The number of nitrogens with zero attached hydrogens (tertiary/aromatic N) is 1. The molecule has 0 aromatic carbocycles. The highest BCUT2D eigenvalue weighted by Crippen LogP contribution is 2.33. The lowest BCUT2D eigenvalue weighted by atomic mass is 9.70. The SMILES string of the molecule is CC[C@@H](CN(C)C)B1OC(C)C(C)(C)O1. The van der Waals surface area contributed by atoms with E-state index in [0.717, 1.165) is 13.0 Å². The molecule has 1 unspecified atom stereocenters. The van der Waals surface area contributed by atoms with Crippen LogP contribution < -0.4 is 0 Å². The summed E-state index contributed by atoms with van der Waals surface area (Å²) in [5.74, 6) is 0.462. The van der Waals surface area contributed by atoms with Gasteiger partial charge < -0.3 is 14.2 Å². The summed E-state index contributed by atoms with van der Waals surface area (Å²) in [7, 11) is 4.14. The molecular weight excluding hydrogens is 189 g/mol. The van der Waals surface area contributed by atoms with Crippen molar-refractivity contribution < 1.29 is 9.31 Å². The fourth-order valence-electron chi connectivity index (χ4n) is 1.87. The van der Waals surface area contributed by atoms with Crippen molar-refractivity contribution in [3.05, 3.63) is 0 Å². The molecule has 1 rings (SSSR count). The van der Waals surface area contributed by atoms with Crippen molar-refractivity contribution in [2.24, 2.45) is 0 Å². The van der Waals surface area contributed by atoms with Gasteiger partial charge in [0.05, 0.1) is 11.7 Å². The molecule has 0 saturated carbocycles. The summed E-state index contributed by atoms with van der Waals surface area (Å²) in [5, 5.41) is 0.